The van der Waals surface area contributed by atoms with Gasteiger partial charge in [0.2, 0.25) is 11.8 Å². The van der Waals surface area contributed by atoms with Crippen molar-refractivity contribution in [2.24, 2.45) is 0 Å². The van der Waals surface area contributed by atoms with Crippen LogP contribution in [0, 0.1) is 0 Å². The average Bonchev–Trinajstić information content (AvgIpc) is 2.62. The Bertz CT molecular complexity index is 554. The van der Waals surface area contributed by atoms with Gasteiger partial charge in [-0.2, -0.15) is 0 Å². The molecule has 1 aromatic carbocycles. The van der Waals surface area contributed by atoms with Crippen molar-refractivity contribution in [1.82, 2.24) is 15.5 Å². The zero-order chi connectivity index (χ0) is 18.1. The van der Waals surface area contributed by atoms with Gasteiger partial charge >= 0.3 is 0 Å². The van der Waals surface area contributed by atoms with Crippen LogP contribution in [0.2, 0.25) is 0 Å². The maximum Gasteiger partial charge on any atom is 0.224 e. The zero-order valence-electron chi connectivity index (χ0n) is 15.2. The minimum absolute atomic E-state index is 0.0404. The quantitative estimate of drug-likeness (QED) is 0.735. The number of nitrogens with zero attached hydrogens (tertiary/aromatic N) is 1. The van der Waals surface area contributed by atoms with E-state index in [-0.39, 0.29) is 17.4 Å². The SMILES string of the molecule is CC(C)(CNC(=O)CCNC(=O)Cc1ccccc1)N1CCOCC1. The third-order valence-electron chi connectivity index (χ3n) is 4.47. The van der Waals surface area contributed by atoms with Crippen LogP contribution in [0.1, 0.15) is 25.8 Å². The Kier molecular flexibility index (Phi) is 7.40. The average molecular weight is 347 g/mol. The molecule has 0 radical (unpaired) electrons. The van der Waals surface area contributed by atoms with Gasteiger partial charge in [-0.15, -0.1) is 0 Å². The summed E-state index contributed by atoms with van der Waals surface area (Å²) in [5.41, 5.74) is 0.868. The Hall–Kier alpha value is -1.92. The Labute approximate surface area is 149 Å². The molecule has 1 aliphatic rings. The minimum Gasteiger partial charge on any atom is -0.379 e. The van der Waals surface area contributed by atoms with Crippen LogP contribution in [0.25, 0.3) is 0 Å². The molecule has 138 valence electrons. The van der Waals surface area contributed by atoms with Gasteiger partial charge in [0.15, 0.2) is 0 Å². The van der Waals surface area contributed by atoms with Gasteiger partial charge < -0.3 is 15.4 Å². The third kappa shape index (κ3) is 6.84. The summed E-state index contributed by atoms with van der Waals surface area (Å²) in [6.45, 7) is 8.45. The number of hydrogen-bond acceptors (Lipinski definition) is 4. The summed E-state index contributed by atoms with van der Waals surface area (Å²) >= 11 is 0. The number of carbonyl (C=O) groups is 2. The second kappa shape index (κ2) is 9.53. The first-order valence-electron chi connectivity index (χ1n) is 8.87. The molecule has 1 heterocycles. The summed E-state index contributed by atoms with van der Waals surface area (Å²) < 4.78 is 5.37. The van der Waals surface area contributed by atoms with Crippen LogP contribution in [0.4, 0.5) is 0 Å². The van der Waals surface area contributed by atoms with Crippen LogP contribution in [0.15, 0.2) is 30.3 Å². The van der Waals surface area contributed by atoms with E-state index < -0.39 is 0 Å². The molecule has 0 aliphatic carbocycles. The molecule has 0 atom stereocenters. The fraction of sp³-hybridized carbons (Fsp3) is 0.579. The fourth-order valence-corrected chi connectivity index (χ4v) is 2.84. The number of nitrogens with one attached hydrogen (secondary N) is 2. The summed E-state index contributed by atoms with van der Waals surface area (Å²) in [6, 6.07) is 9.57. The molecule has 25 heavy (non-hydrogen) atoms. The molecule has 0 unspecified atom stereocenters. The number of ether oxygens (including phenoxy) is 1. The van der Waals surface area contributed by atoms with E-state index in [1.54, 1.807) is 0 Å². The third-order valence-corrected chi connectivity index (χ3v) is 4.47. The number of carbonyl (C=O) groups excluding carboxylic acids is 2. The maximum absolute atomic E-state index is 12.0. The first kappa shape index (κ1) is 19.4. The topological polar surface area (TPSA) is 70.7 Å². The first-order valence-corrected chi connectivity index (χ1v) is 8.87. The standard InChI is InChI=1S/C19H29N3O3/c1-19(2,22-10-12-25-13-11-22)15-21-17(23)8-9-20-18(24)14-16-6-4-3-5-7-16/h3-7H,8-15H2,1-2H3,(H,20,24)(H,21,23). The Balaban J connectivity index is 1.62. The Morgan fingerprint density at radius 1 is 1.08 bits per heavy atom. The smallest absolute Gasteiger partial charge is 0.224 e. The summed E-state index contributed by atoms with van der Waals surface area (Å²) in [6.07, 6.45) is 0.631. The van der Waals surface area contributed by atoms with Gasteiger partial charge in [0.05, 0.1) is 19.6 Å². The Morgan fingerprint density at radius 2 is 1.76 bits per heavy atom. The van der Waals surface area contributed by atoms with Crippen molar-refractivity contribution in [2.75, 3.05) is 39.4 Å². The van der Waals surface area contributed by atoms with Gasteiger partial charge in [-0.05, 0) is 19.4 Å². The molecule has 0 bridgehead atoms. The van der Waals surface area contributed by atoms with E-state index in [2.05, 4.69) is 29.4 Å². The number of benzene rings is 1. The molecule has 2 amide bonds. The molecule has 0 aromatic heterocycles. The Morgan fingerprint density at radius 3 is 2.44 bits per heavy atom. The van der Waals surface area contributed by atoms with E-state index in [0.717, 1.165) is 31.9 Å². The van der Waals surface area contributed by atoms with Crippen molar-refractivity contribution < 1.29 is 14.3 Å². The maximum atomic E-state index is 12.0. The second-order valence-corrected chi connectivity index (χ2v) is 6.95. The summed E-state index contributed by atoms with van der Waals surface area (Å²) in [7, 11) is 0. The van der Waals surface area contributed by atoms with E-state index in [1.807, 2.05) is 30.3 Å². The van der Waals surface area contributed by atoms with Crippen molar-refractivity contribution in [1.29, 1.82) is 0 Å². The molecule has 1 aromatic rings. The van der Waals surface area contributed by atoms with Crippen molar-refractivity contribution in [3.05, 3.63) is 35.9 Å². The highest BCUT2D eigenvalue weighted by molar-refractivity contribution is 5.80. The van der Waals surface area contributed by atoms with Crippen LogP contribution in [0.3, 0.4) is 0 Å². The normalized spacial score (nSPS) is 15.6. The lowest BCUT2D eigenvalue weighted by atomic mass is 10.0. The monoisotopic (exact) mass is 347 g/mol. The van der Waals surface area contributed by atoms with Crippen LogP contribution in [-0.2, 0) is 20.7 Å². The van der Waals surface area contributed by atoms with E-state index >= 15 is 0 Å². The van der Waals surface area contributed by atoms with Gasteiger partial charge in [0.1, 0.15) is 0 Å². The van der Waals surface area contributed by atoms with Crippen molar-refractivity contribution in [3.8, 4) is 0 Å². The molecule has 0 spiro atoms. The molecular weight excluding hydrogens is 318 g/mol. The number of rotatable bonds is 8. The lowest BCUT2D eigenvalue weighted by molar-refractivity contribution is -0.122. The first-order chi connectivity index (χ1) is 12.0. The number of morpholine rings is 1. The predicted octanol–water partition coefficient (Wildman–Crippen LogP) is 0.962. The molecule has 1 aliphatic heterocycles. The van der Waals surface area contributed by atoms with Crippen LogP contribution in [-0.4, -0.2) is 61.6 Å². The largest absolute Gasteiger partial charge is 0.379 e. The highest BCUT2D eigenvalue weighted by Gasteiger charge is 2.28. The van der Waals surface area contributed by atoms with Gasteiger partial charge in [0, 0.05) is 38.1 Å². The van der Waals surface area contributed by atoms with Crippen molar-refractivity contribution >= 4 is 11.8 Å². The molecule has 2 N–H and O–H groups in total. The molecule has 2 rings (SSSR count). The number of hydrogen-bond donors (Lipinski definition) is 2. The highest BCUT2D eigenvalue weighted by Crippen LogP contribution is 2.15. The molecule has 0 saturated carbocycles. The summed E-state index contributed by atoms with van der Waals surface area (Å²) in [4.78, 5) is 26.2. The fourth-order valence-electron chi connectivity index (χ4n) is 2.84. The van der Waals surface area contributed by atoms with Crippen LogP contribution in [0.5, 0.6) is 0 Å². The van der Waals surface area contributed by atoms with Gasteiger partial charge in [-0.3, -0.25) is 14.5 Å². The van der Waals surface area contributed by atoms with Gasteiger partial charge in [-0.25, -0.2) is 0 Å². The van der Waals surface area contributed by atoms with Crippen molar-refractivity contribution in [3.63, 3.8) is 0 Å². The van der Waals surface area contributed by atoms with Crippen LogP contribution >= 0.6 is 0 Å². The molecule has 1 fully saturated rings. The minimum atomic E-state index is -0.101. The summed E-state index contributed by atoms with van der Waals surface area (Å²) in [5, 5.41) is 5.77. The molecule has 6 heteroatoms. The van der Waals surface area contributed by atoms with Crippen LogP contribution < -0.4 is 10.6 Å². The second-order valence-electron chi connectivity index (χ2n) is 6.95. The van der Waals surface area contributed by atoms with E-state index in [0.29, 0.717) is 25.9 Å². The van der Waals surface area contributed by atoms with Gasteiger partial charge in [-0.1, -0.05) is 30.3 Å². The van der Waals surface area contributed by atoms with Crippen molar-refractivity contribution in [2.45, 2.75) is 32.2 Å². The lowest BCUT2D eigenvalue weighted by Crippen LogP contribution is -2.55. The lowest BCUT2D eigenvalue weighted by Gasteiger charge is -2.40. The zero-order valence-corrected chi connectivity index (χ0v) is 15.2. The van der Waals surface area contributed by atoms with E-state index in [4.69, 9.17) is 4.74 Å². The van der Waals surface area contributed by atoms with Gasteiger partial charge in [0.25, 0.3) is 0 Å². The molecule has 6 nitrogen and oxygen atoms in total. The predicted molar refractivity (Wildman–Crippen MR) is 97.3 cm³/mol. The number of amides is 2. The van der Waals surface area contributed by atoms with E-state index in [1.165, 1.54) is 0 Å². The molecular formula is C19H29N3O3. The highest BCUT2D eigenvalue weighted by atomic mass is 16.5. The summed E-state index contributed by atoms with van der Waals surface area (Å²) in [5.74, 6) is -0.103. The van der Waals surface area contributed by atoms with E-state index in [9.17, 15) is 9.59 Å². The molecule has 1 saturated heterocycles.